The van der Waals surface area contributed by atoms with Crippen LogP contribution in [0.1, 0.15) is 42.5 Å². The van der Waals surface area contributed by atoms with Crippen LogP contribution in [0.3, 0.4) is 0 Å². The van der Waals surface area contributed by atoms with Crippen molar-refractivity contribution in [1.82, 2.24) is 9.80 Å². The monoisotopic (exact) mass is 356 g/mol. The Hall–Kier alpha value is -2.37. The first-order valence-electron chi connectivity index (χ1n) is 9.45. The Kier molecular flexibility index (Phi) is 4.42. The van der Waals surface area contributed by atoms with Crippen molar-refractivity contribution < 1.29 is 19.5 Å². The molecular formula is C20H24N2O4. The standard InChI is InChI=1S/C20H24N2O4/c23-18(13-5-2-1-3-6-13)21-10-4-7-14(12-21)19(24)22-15-8-9-17(22)16(11-15)20(25)26/h1-3,5-6,14-17H,4,7-12H2,(H,25,26). The van der Waals surface area contributed by atoms with E-state index < -0.39 is 11.9 Å². The molecule has 138 valence electrons. The van der Waals surface area contributed by atoms with E-state index in [0.717, 1.165) is 25.7 Å². The third-order valence-corrected chi connectivity index (χ3v) is 6.19. The zero-order valence-corrected chi connectivity index (χ0v) is 14.7. The van der Waals surface area contributed by atoms with Gasteiger partial charge in [0.15, 0.2) is 0 Å². The number of carboxylic acids is 1. The van der Waals surface area contributed by atoms with Crippen LogP contribution in [0.25, 0.3) is 0 Å². The summed E-state index contributed by atoms with van der Waals surface area (Å²) in [5.74, 6) is -1.42. The minimum atomic E-state index is -0.792. The zero-order valence-electron chi connectivity index (χ0n) is 14.7. The first-order valence-corrected chi connectivity index (χ1v) is 9.45. The molecule has 0 saturated carbocycles. The maximum absolute atomic E-state index is 13.1. The summed E-state index contributed by atoms with van der Waals surface area (Å²) in [7, 11) is 0. The Morgan fingerprint density at radius 2 is 1.81 bits per heavy atom. The number of fused-ring (bicyclic) bond motifs is 2. The van der Waals surface area contributed by atoms with Crippen molar-refractivity contribution in [2.45, 2.75) is 44.2 Å². The van der Waals surface area contributed by atoms with Gasteiger partial charge in [0.05, 0.1) is 11.8 Å². The van der Waals surface area contributed by atoms with Crippen molar-refractivity contribution in [1.29, 1.82) is 0 Å². The van der Waals surface area contributed by atoms with Crippen molar-refractivity contribution in [3.8, 4) is 0 Å². The molecule has 3 heterocycles. The van der Waals surface area contributed by atoms with E-state index >= 15 is 0 Å². The third-order valence-electron chi connectivity index (χ3n) is 6.19. The zero-order chi connectivity index (χ0) is 18.3. The number of carbonyl (C=O) groups excluding carboxylic acids is 2. The van der Waals surface area contributed by atoms with E-state index in [1.807, 2.05) is 23.1 Å². The van der Waals surface area contributed by atoms with Gasteiger partial charge in [0.1, 0.15) is 0 Å². The molecule has 3 fully saturated rings. The molecule has 4 unspecified atom stereocenters. The number of aliphatic carboxylic acids is 1. The summed E-state index contributed by atoms with van der Waals surface area (Å²) >= 11 is 0. The lowest BCUT2D eigenvalue weighted by Crippen LogP contribution is -2.48. The lowest BCUT2D eigenvalue weighted by molar-refractivity contribution is -0.144. The molecule has 3 saturated heterocycles. The quantitative estimate of drug-likeness (QED) is 0.899. The molecule has 1 aromatic rings. The van der Waals surface area contributed by atoms with Crippen molar-refractivity contribution in [3.05, 3.63) is 35.9 Å². The lowest BCUT2D eigenvalue weighted by atomic mass is 9.89. The number of hydrogen-bond acceptors (Lipinski definition) is 3. The minimum absolute atomic E-state index is 0.0316. The molecule has 3 aliphatic heterocycles. The van der Waals surface area contributed by atoms with Crippen LogP contribution in [-0.2, 0) is 9.59 Å². The van der Waals surface area contributed by atoms with Gasteiger partial charge in [-0.2, -0.15) is 0 Å². The maximum Gasteiger partial charge on any atom is 0.308 e. The highest BCUT2D eigenvalue weighted by Gasteiger charge is 2.52. The van der Waals surface area contributed by atoms with Crippen LogP contribution < -0.4 is 0 Å². The summed E-state index contributed by atoms with van der Waals surface area (Å²) in [5, 5.41) is 9.40. The van der Waals surface area contributed by atoms with Crippen LogP contribution in [-0.4, -0.2) is 57.9 Å². The molecule has 1 aromatic carbocycles. The molecule has 0 aromatic heterocycles. The van der Waals surface area contributed by atoms with Gasteiger partial charge in [-0.05, 0) is 44.2 Å². The van der Waals surface area contributed by atoms with E-state index in [4.69, 9.17) is 0 Å². The Labute approximate surface area is 152 Å². The van der Waals surface area contributed by atoms with Crippen LogP contribution in [0.15, 0.2) is 30.3 Å². The molecule has 4 atom stereocenters. The number of carbonyl (C=O) groups is 3. The molecule has 26 heavy (non-hydrogen) atoms. The van der Waals surface area contributed by atoms with E-state index in [9.17, 15) is 19.5 Å². The van der Waals surface area contributed by atoms with E-state index in [-0.39, 0.29) is 29.8 Å². The highest BCUT2D eigenvalue weighted by Crippen LogP contribution is 2.43. The van der Waals surface area contributed by atoms with Gasteiger partial charge >= 0.3 is 5.97 Å². The van der Waals surface area contributed by atoms with Gasteiger partial charge in [0.25, 0.3) is 5.91 Å². The Morgan fingerprint density at radius 3 is 2.50 bits per heavy atom. The molecule has 6 heteroatoms. The second-order valence-electron chi connectivity index (χ2n) is 7.68. The van der Waals surface area contributed by atoms with Gasteiger partial charge in [0, 0.05) is 30.7 Å². The van der Waals surface area contributed by atoms with Crippen LogP contribution >= 0.6 is 0 Å². The molecule has 0 aliphatic carbocycles. The van der Waals surface area contributed by atoms with Gasteiger partial charge in [0.2, 0.25) is 5.91 Å². The molecule has 2 bridgehead atoms. The number of piperidine rings is 1. The van der Waals surface area contributed by atoms with Gasteiger partial charge in [-0.25, -0.2) is 0 Å². The average molecular weight is 356 g/mol. The highest BCUT2D eigenvalue weighted by molar-refractivity contribution is 5.94. The largest absolute Gasteiger partial charge is 0.481 e. The number of rotatable bonds is 3. The lowest BCUT2D eigenvalue weighted by Gasteiger charge is -2.35. The first kappa shape index (κ1) is 17.1. The molecule has 2 amide bonds. The fourth-order valence-electron chi connectivity index (χ4n) is 4.93. The predicted octanol–water partition coefficient (Wildman–Crippen LogP) is 2.00. The summed E-state index contributed by atoms with van der Waals surface area (Å²) in [4.78, 5) is 40.9. The van der Waals surface area contributed by atoms with Gasteiger partial charge < -0.3 is 14.9 Å². The number of carboxylic acid groups (broad SMARTS) is 1. The number of likely N-dealkylation sites (tertiary alicyclic amines) is 1. The van der Waals surface area contributed by atoms with Crippen molar-refractivity contribution in [2.24, 2.45) is 11.8 Å². The summed E-state index contributed by atoms with van der Waals surface area (Å²) < 4.78 is 0. The van der Waals surface area contributed by atoms with Gasteiger partial charge in [-0.3, -0.25) is 14.4 Å². The van der Waals surface area contributed by atoms with E-state index in [0.29, 0.717) is 25.1 Å². The Balaban J connectivity index is 1.46. The van der Waals surface area contributed by atoms with Crippen LogP contribution in [0, 0.1) is 11.8 Å². The first-order chi connectivity index (χ1) is 12.6. The second kappa shape index (κ2) is 6.74. The topological polar surface area (TPSA) is 77.9 Å². The number of nitrogens with zero attached hydrogens (tertiary/aromatic N) is 2. The summed E-state index contributed by atoms with van der Waals surface area (Å²) in [6.45, 7) is 1.10. The fourth-order valence-corrected chi connectivity index (χ4v) is 4.93. The van der Waals surface area contributed by atoms with Crippen molar-refractivity contribution in [3.63, 3.8) is 0 Å². The minimum Gasteiger partial charge on any atom is -0.481 e. The molecular weight excluding hydrogens is 332 g/mol. The highest BCUT2D eigenvalue weighted by atomic mass is 16.4. The summed E-state index contributed by atoms with van der Waals surface area (Å²) in [5.41, 5.74) is 0.646. The average Bonchev–Trinajstić information content (AvgIpc) is 3.26. The molecule has 3 aliphatic rings. The van der Waals surface area contributed by atoms with Crippen LogP contribution in [0.2, 0.25) is 0 Å². The number of benzene rings is 1. The summed E-state index contributed by atoms with van der Waals surface area (Å²) in [6.07, 6.45) is 3.84. The van der Waals surface area contributed by atoms with Gasteiger partial charge in [-0.15, -0.1) is 0 Å². The van der Waals surface area contributed by atoms with E-state index in [1.165, 1.54) is 0 Å². The predicted molar refractivity (Wildman–Crippen MR) is 94.5 cm³/mol. The molecule has 6 nitrogen and oxygen atoms in total. The van der Waals surface area contributed by atoms with E-state index in [1.54, 1.807) is 17.0 Å². The van der Waals surface area contributed by atoms with Crippen LogP contribution in [0.4, 0.5) is 0 Å². The number of hydrogen-bond donors (Lipinski definition) is 1. The molecule has 4 rings (SSSR count). The van der Waals surface area contributed by atoms with Crippen molar-refractivity contribution in [2.75, 3.05) is 13.1 Å². The summed E-state index contributed by atoms with van der Waals surface area (Å²) in [6, 6.07) is 9.06. The van der Waals surface area contributed by atoms with E-state index in [2.05, 4.69) is 0 Å². The maximum atomic E-state index is 13.1. The van der Waals surface area contributed by atoms with Crippen LogP contribution in [0.5, 0.6) is 0 Å². The Bertz CT molecular complexity index is 720. The SMILES string of the molecule is O=C(O)C1CC2CCC1N2C(=O)C1CCCN(C(=O)c2ccccc2)C1. The third kappa shape index (κ3) is 2.87. The fraction of sp³-hybridized carbons (Fsp3) is 0.550. The van der Waals surface area contributed by atoms with Gasteiger partial charge in [-0.1, -0.05) is 18.2 Å². The number of amides is 2. The van der Waals surface area contributed by atoms with Crippen molar-refractivity contribution >= 4 is 17.8 Å². The Morgan fingerprint density at radius 1 is 1.04 bits per heavy atom. The molecule has 0 spiro atoms. The smallest absolute Gasteiger partial charge is 0.308 e. The molecule has 0 radical (unpaired) electrons. The normalized spacial score (nSPS) is 30.5. The molecule has 1 N–H and O–H groups in total. The second-order valence-corrected chi connectivity index (χ2v) is 7.68.